The van der Waals surface area contributed by atoms with E-state index in [4.69, 9.17) is 5.73 Å². The van der Waals surface area contributed by atoms with Crippen LogP contribution in [0, 0.1) is 15.5 Å². The van der Waals surface area contributed by atoms with Crippen LogP contribution >= 0.6 is 11.3 Å². The van der Waals surface area contributed by atoms with E-state index in [-0.39, 0.29) is 17.0 Å². The molecule has 0 bridgehead atoms. The molecule has 2 N–H and O–H groups in total. The number of amides is 1. The summed E-state index contributed by atoms with van der Waals surface area (Å²) in [5, 5.41) is 13.1. The van der Waals surface area contributed by atoms with Gasteiger partial charge in [-0.3, -0.25) is 14.9 Å². The molecule has 1 heterocycles. The molecule has 2 rings (SSSR count). The summed E-state index contributed by atoms with van der Waals surface area (Å²) in [7, 11) is 1.71. The van der Waals surface area contributed by atoms with Gasteiger partial charge in [0, 0.05) is 36.7 Å². The van der Waals surface area contributed by atoms with E-state index >= 15 is 0 Å². The van der Waals surface area contributed by atoms with Gasteiger partial charge in [0.1, 0.15) is 10.7 Å². The zero-order chi connectivity index (χ0) is 17.9. The fourth-order valence-electron chi connectivity index (χ4n) is 2.23. The van der Waals surface area contributed by atoms with E-state index in [1.54, 1.807) is 29.5 Å². The molecule has 0 fully saturated rings. The van der Waals surface area contributed by atoms with Crippen LogP contribution in [0.15, 0.2) is 29.6 Å². The molecule has 8 heteroatoms. The van der Waals surface area contributed by atoms with Gasteiger partial charge in [0.05, 0.1) is 4.92 Å². The van der Waals surface area contributed by atoms with Crippen molar-refractivity contribution in [1.29, 1.82) is 0 Å². The molecule has 0 aliphatic carbocycles. The number of rotatable bonds is 6. The van der Waals surface area contributed by atoms with Crippen molar-refractivity contribution in [3.63, 3.8) is 0 Å². The molecule has 1 aromatic heterocycles. The lowest BCUT2D eigenvalue weighted by atomic mass is 9.93. The minimum atomic E-state index is -0.453. The minimum absolute atomic E-state index is 0.00242. The summed E-state index contributed by atoms with van der Waals surface area (Å²) in [4.78, 5) is 28.8. The number of nitro benzene ring substituents is 1. The van der Waals surface area contributed by atoms with Gasteiger partial charge in [0.25, 0.3) is 11.6 Å². The topological polar surface area (TPSA) is 102 Å². The van der Waals surface area contributed by atoms with Crippen molar-refractivity contribution in [2.75, 3.05) is 20.1 Å². The molecule has 0 aliphatic rings. The molecule has 1 amide bonds. The second-order valence-corrected chi connectivity index (χ2v) is 7.23. The monoisotopic (exact) mass is 348 g/mol. The molecule has 7 nitrogen and oxygen atoms in total. The molecule has 1 aromatic carbocycles. The second kappa shape index (κ2) is 7.06. The summed E-state index contributed by atoms with van der Waals surface area (Å²) in [6.07, 6.45) is 0. The third-order valence-electron chi connectivity index (χ3n) is 3.59. The maximum absolute atomic E-state index is 12.5. The minimum Gasteiger partial charge on any atom is -0.340 e. The molecular weight excluding hydrogens is 328 g/mol. The fraction of sp³-hybridized carbons (Fsp3) is 0.375. The lowest BCUT2D eigenvalue weighted by Gasteiger charge is -2.28. The normalized spacial score (nSPS) is 11.3. The first-order chi connectivity index (χ1) is 11.2. The van der Waals surface area contributed by atoms with Crippen LogP contribution < -0.4 is 5.73 Å². The Labute approximate surface area is 144 Å². The number of carbonyl (C=O) groups excluding carboxylic acids is 1. The molecule has 0 unspecified atom stereocenters. The van der Waals surface area contributed by atoms with Crippen molar-refractivity contribution in [3.05, 3.63) is 45.5 Å². The second-order valence-electron chi connectivity index (χ2n) is 6.37. The number of non-ortho nitro benzene ring substituents is 1. The van der Waals surface area contributed by atoms with Crippen LogP contribution in [0.5, 0.6) is 0 Å². The zero-order valence-corrected chi connectivity index (χ0v) is 14.7. The third kappa shape index (κ3) is 4.15. The number of thiazole rings is 1. The summed E-state index contributed by atoms with van der Waals surface area (Å²) < 4.78 is 0. The van der Waals surface area contributed by atoms with Crippen LogP contribution in [0.4, 0.5) is 5.69 Å². The highest BCUT2D eigenvalue weighted by Gasteiger charge is 2.23. The molecule has 2 aromatic rings. The van der Waals surface area contributed by atoms with Gasteiger partial charge >= 0.3 is 0 Å². The number of hydrogen-bond acceptors (Lipinski definition) is 6. The Morgan fingerprint density at radius 2 is 2.17 bits per heavy atom. The molecule has 0 radical (unpaired) electrons. The summed E-state index contributed by atoms with van der Waals surface area (Å²) in [5.74, 6) is -0.190. The average molecular weight is 348 g/mol. The van der Waals surface area contributed by atoms with Crippen molar-refractivity contribution in [1.82, 2.24) is 9.88 Å². The van der Waals surface area contributed by atoms with Crippen molar-refractivity contribution in [2.45, 2.75) is 13.8 Å². The number of hydrogen-bond donors (Lipinski definition) is 1. The van der Waals surface area contributed by atoms with Crippen LogP contribution in [0.3, 0.4) is 0 Å². The van der Waals surface area contributed by atoms with Crippen molar-refractivity contribution in [2.24, 2.45) is 11.1 Å². The summed E-state index contributed by atoms with van der Waals surface area (Å²) in [6.45, 7) is 4.98. The van der Waals surface area contributed by atoms with Crippen LogP contribution in [-0.2, 0) is 0 Å². The Morgan fingerprint density at radius 1 is 1.46 bits per heavy atom. The van der Waals surface area contributed by atoms with E-state index in [2.05, 4.69) is 4.98 Å². The van der Waals surface area contributed by atoms with E-state index in [1.807, 2.05) is 13.8 Å². The van der Waals surface area contributed by atoms with Gasteiger partial charge in [-0.2, -0.15) is 0 Å². The third-order valence-corrected chi connectivity index (χ3v) is 4.48. The Kier molecular flexibility index (Phi) is 5.30. The highest BCUT2D eigenvalue weighted by Crippen LogP contribution is 2.27. The van der Waals surface area contributed by atoms with Gasteiger partial charge in [0.2, 0.25) is 0 Å². The lowest BCUT2D eigenvalue weighted by Crippen LogP contribution is -2.39. The van der Waals surface area contributed by atoms with Gasteiger partial charge in [-0.25, -0.2) is 4.98 Å². The highest BCUT2D eigenvalue weighted by molar-refractivity contribution is 7.13. The maximum atomic E-state index is 12.5. The van der Waals surface area contributed by atoms with Crippen LogP contribution in [0.2, 0.25) is 0 Å². The Hall–Kier alpha value is -2.32. The van der Waals surface area contributed by atoms with Crippen LogP contribution in [0.1, 0.15) is 24.3 Å². The SMILES string of the molecule is CN(CC(C)(C)CN)C(=O)c1csc(-c2cccc([N+](=O)[O-])c2)n1. The number of nitro groups is 1. The summed E-state index contributed by atoms with van der Waals surface area (Å²) in [5.41, 5.74) is 6.48. The molecular formula is C16H20N4O3S. The number of nitrogens with two attached hydrogens (primary N) is 1. The molecule has 0 atom stereocenters. The largest absolute Gasteiger partial charge is 0.340 e. The molecule has 0 saturated carbocycles. The summed E-state index contributed by atoms with van der Waals surface area (Å²) >= 11 is 1.29. The van der Waals surface area contributed by atoms with E-state index in [9.17, 15) is 14.9 Å². The van der Waals surface area contributed by atoms with Gasteiger partial charge in [-0.15, -0.1) is 11.3 Å². The number of nitrogens with zero attached hydrogens (tertiary/aromatic N) is 3. The fourth-order valence-corrected chi connectivity index (χ4v) is 3.02. The molecule has 24 heavy (non-hydrogen) atoms. The van der Waals surface area contributed by atoms with Gasteiger partial charge in [0.15, 0.2) is 0 Å². The lowest BCUT2D eigenvalue weighted by molar-refractivity contribution is -0.384. The Morgan fingerprint density at radius 3 is 2.79 bits per heavy atom. The Bertz CT molecular complexity index is 757. The van der Waals surface area contributed by atoms with Crippen LogP contribution in [-0.4, -0.2) is 40.9 Å². The van der Waals surface area contributed by atoms with E-state index in [0.717, 1.165) is 0 Å². The molecule has 128 valence electrons. The van der Waals surface area contributed by atoms with E-state index in [1.165, 1.54) is 23.5 Å². The van der Waals surface area contributed by atoms with Gasteiger partial charge in [-0.05, 0) is 12.0 Å². The van der Waals surface area contributed by atoms with Crippen LogP contribution in [0.25, 0.3) is 10.6 Å². The van der Waals surface area contributed by atoms with E-state index < -0.39 is 4.92 Å². The quantitative estimate of drug-likeness (QED) is 0.639. The molecule has 0 aliphatic heterocycles. The zero-order valence-electron chi connectivity index (χ0n) is 13.9. The van der Waals surface area contributed by atoms with Gasteiger partial charge < -0.3 is 10.6 Å². The predicted octanol–water partition coefficient (Wildman–Crippen LogP) is 2.78. The predicted molar refractivity (Wildman–Crippen MR) is 94.0 cm³/mol. The maximum Gasteiger partial charge on any atom is 0.273 e. The highest BCUT2D eigenvalue weighted by atomic mass is 32.1. The molecule has 0 spiro atoms. The Balaban J connectivity index is 2.20. The smallest absolute Gasteiger partial charge is 0.273 e. The van der Waals surface area contributed by atoms with Gasteiger partial charge in [-0.1, -0.05) is 26.0 Å². The number of benzene rings is 1. The standard InChI is InChI=1S/C16H20N4O3S/c1-16(2,9-17)10-19(3)15(21)13-8-24-14(18-13)11-5-4-6-12(7-11)20(22)23/h4-8H,9-10,17H2,1-3H3. The first-order valence-electron chi connectivity index (χ1n) is 7.39. The first-order valence-corrected chi connectivity index (χ1v) is 8.27. The number of carbonyl (C=O) groups is 1. The number of aromatic nitrogens is 1. The van der Waals surface area contributed by atoms with E-state index in [0.29, 0.717) is 29.4 Å². The van der Waals surface area contributed by atoms with Crippen molar-refractivity contribution >= 4 is 22.9 Å². The molecule has 0 saturated heterocycles. The van der Waals surface area contributed by atoms with Crippen molar-refractivity contribution < 1.29 is 9.72 Å². The van der Waals surface area contributed by atoms with Crippen molar-refractivity contribution in [3.8, 4) is 10.6 Å². The summed E-state index contributed by atoms with van der Waals surface area (Å²) in [6, 6.07) is 6.22. The first kappa shape index (κ1) is 18.0. The average Bonchev–Trinajstić information content (AvgIpc) is 3.03.